The third-order valence-corrected chi connectivity index (χ3v) is 2.24. The van der Waals surface area contributed by atoms with E-state index in [-0.39, 0.29) is 5.69 Å². The van der Waals surface area contributed by atoms with E-state index >= 15 is 0 Å². The molecule has 2 aromatic rings. The average Bonchev–Trinajstić information content (AvgIpc) is 2.54. The summed E-state index contributed by atoms with van der Waals surface area (Å²) in [5.74, 6) is 0. The molecule has 1 heterocycles. The van der Waals surface area contributed by atoms with Gasteiger partial charge >= 0.3 is 5.69 Å². The van der Waals surface area contributed by atoms with Gasteiger partial charge < -0.3 is 15.3 Å². The molecule has 0 aliphatic heterocycles. The predicted molar refractivity (Wildman–Crippen MR) is 56.6 cm³/mol. The molecule has 3 N–H and O–H groups in total. The first kappa shape index (κ1) is 9.02. The lowest BCUT2D eigenvalue weighted by molar-refractivity contribution is 0.792. The molecule has 0 saturated heterocycles. The van der Waals surface area contributed by atoms with E-state index in [2.05, 4.69) is 15.3 Å². The number of H-pyrrole nitrogens is 2. The van der Waals surface area contributed by atoms with Gasteiger partial charge in [-0.25, -0.2) is 4.79 Å². The molecule has 1 aromatic carbocycles. The number of hydrogen-bond acceptors (Lipinski definition) is 2. The van der Waals surface area contributed by atoms with Gasteiger partial charge in [-0.2, -0.15) is 0 Å². The van der Waals surface area contributed by atoms with Crippen LogP contribution in [-0.2, 0) is 6.42 Å². The number of aromatic amines is 2. The lowest BCUT2D eigenvalue weighted by atomic mass is 10.1. The van der Waals surface area contributed by atoms with Gasteiger partial charge in [0.05, 0.1) is 11.0 Å². The van der Waals surface area contributed by atoms with Crippen LogP contribution in [0.4, 0.5) is 0 Å². The van der Waals surface area contributed by atoms with Crippen molar-refractivity contribution in [3.63, 3.8) is 0 Å². The van der Waals surface area contributed by atoms with Crippen LogP contribution in [0.5, 0.6) is 0 Å². The minimum atomic E-state index is -0.147. The summed E-state index contributed by atoms with van der Waals surface area (Å²) in [5.41, 5.74) is 2.82. The number of hydrogen-bond donors (Lipinski definition) is 3. The van der Waals surface area contributed by atoms with E-state index in [1.54, 1.807) is 0 Å². The fraction of sp³-hybridized carbons (Fsp3) is 0.300. The molecule has 0 radical (unpaired) electrons. The number of nitrogens with one attached hydrogen (secondary N) is 3. The van der Waals surface area contributed by atoms with Gasteiger partial charge in [0, 0.05) is 0 Å². The fourth-order valence-electron chi connectivity index (χ4n) is 1.50. The number of aromatic nitrogens is 2. The highest BCUT2D eigenvalue weighted by molar-refractivity contribution is 5.74. The van der Waals surface area contributed by atoms with Gasteiger partial charge in [-0.15, -0.1) is 0 Å². The van der Waals surface area contributed by atoms with E-state index in [0.717, 1.165) is 24.0 Å². The van der Waals surface area contributed by atoms with Gasteiger partial charge in [-0.05, 0) is 37.7 Å². The smallest absolute Gasteiger partial charge is 0.319 e. The van der Waals surface area contributed by atoms with Gasteiger partial charge in [-0.1, -0.05) is 6.07 Å². The van der Waals surface area contributed by atoms with Gasteiger partial charge in [-0.3, -0.25) is 0 Å². The normalized spacial score (nSPS) is 10.9. The summed E-state index contributed by atoms with van der Waals surface area (Å²) >= 11 is 0. The molecule has 0 fully saturated rings. The van der Waals surface area contributed by atoms with Crippen LogP contribution >= 0.6 is 0 Å². The van der Waals surface area contributed by atoms with Crippen molar-refractivity contribution in [1.82, 2.24) is 15.3 Å². The first-order chi connectivity index (χ1) is 6.79. The monoisotopic (exact) mass is 191 g/mol. The molecule has 0 atom stereocenters. The maximum atomic E-state index is 11.0. The van der Waals surface area contributed by atoms with Crippen LogP contribution in [0, 0.1) is 0 Å². The van der Waals surface area contributed by atoms with Crippen molar-refractivity contribution < 1.29 is 0 Å². The largest absolute Gasteiger partial charge is 0.323 e. The zero-order chi connectivity index (χ0) is 9.97. The van der Waals surface area contributed by atoms with Crippen LogP contribution < -0.4 is 11.0 Å². The molecule has 0 bridgehead atoms. The Morgan fingerprint density at radius 3 is 2.86 bits per heavy atom. The summed E-state index contributed by atoms with van der Waals surface area (Å²) in [5, 5.41) is 3.09. The Labute approximate surface area is 81.3 Å². The quantitative estimate of drug-likeness (QED) is 0.666. The molecule has 1 aromatic heterocycles. The van der Waals surface area contributed by atoms with E-state index in [9.17, 15) is 4.79 Å². The van der Waals surface area contributed by atoms with Crippen LogP contribution in [0.2, 0.25) is 0 Å². The molecular weight excluding hydrogens is 178 g/mol. The third-order valence-electron chi connectivity index (χ3n) is 2.24. The van der Waals surface area contributed by atoms with E-state index in [4.69, 9.17) is 0 Å². The Morgan fingerprint density at radius 1 is 1.29 bits per heavy atom. The number of benzene rings is 1. The molecule has 0 spiro atoms. The van der Waals surface area contributed by atoms with Crippen LogP contribution in [-0.4, -0.2) is 23.6 Å². The summed E-state index contributed by atoms with van der Waals surface area (Å²) in [6.45, 7) is 0.945. The molecule has 2 rings (SSSR count). The molecular formula is C10H13N3O. The van der Waals surface area contributed by atoms with Gasteiger partial charge in [0.2, 0.25) is 0 Å². The Balaban J connectivity index is 2.35. The maximum Gasteiger partial charge on any atom is 0.323 e. The predicted octanol–water partition coefficient (Wildman–Crippen LogP) is 0.618. The minimum absolute atomic E-state index is 0.147. The topological polar surface area (TPSA) is 60.7 Å². The molecule has 0 amide bonds. The molecule has 4 heteroatoms. The first-order valence-corrected chi connectivity index (χ1v) is 4.65. The lowest BCUT2D eigenvalue weighted by Gasteiger charge is -1.99. The second-order valence-electron chi connectivity index (χ2n) is 3.31. The van der Waals surface area contributed by atoms with Gasteiger partial charge in [0.25, 0.3) is 0 Å². The Morgan fingerprint density at radius 2 is 2.07 bits per heavy atom. The minimum Gasteiger partial charge on any atom is -0.319 e. The third kappa shape index (κ3) is 1.70. The SMILES string of the molecule is CNCCc1ccc2[nH]c(=O)[nH]c2c1. The zero-order valence-corrected chi connectivity index (χ0v) is 8.05. The summed E-state index contributed by atoms with van der Waals surface area (Å²) < 4.78 is 0. The first-order valence-electron chi connectivity index (χ1n) is 4.65. The lowest BCUT2D eigenvalue weighted by Crippen LogP contribution is -2.10. The van der Waals surface area contributed by atoms with Gasteiger partial charge in [0.15, 0.2) is 0 Å². The van der Waals surface area contributed by atoms with E-state index in [0.29, 0.717) is 0 Å². The van der Waals surface area contributed by atoms with Crippen molar-refractivity contribution in [3.8, 4) is 0 Å². The van der Waals surface area contributed by atoms with Gasteiger partial charge in [0.1, 0.15) is 0 Å². The van der Waals surface area contributed by atoms with Crippen molar-refractivity contribution in [2.45, 2.75) is 6.42 Å². The molecule has 0 aliphatic carbocycles. The molecule has 4 nitrogen and oxygen atoms in total. The number of imidazole rings is 1. The van der Waals surface area contributed by atoms with Crippen LogP contribution in [0.25, 0.3) is 11.0 Å². The van der Waals surface area contributed by atoms with Crippen molar-refractivity contribution in [2.24, 2.45) is 0 Å². The van der Waals surface area contributed by atoms with Crippen molar-refractivity contribution in [2.75, 3.05) is 13.6 Å². The molecule has 14 heavy (non-hydrogen) atoms. The molecule has 0 saturated carbocycles. The van der Waals surface area contributed by atoms with Crippen LogP contribution in [0.1, 0.15) is 5.56 Å². The Bertz CT molecular complexity index is 483. The number of rotatable bonds is 3. The van der Waals surface area contributed by atoms with Crippen LogP contribution in [0.15, 0.2) is 23.0 Å². The number of likely N-dealkylation sites (N-methyl/N-ethyl adjacent to an activating group) is 1. The highest BCUT2D eigenvalue weighted by atomic mass is 16.1. The summed E-state index contributed by atoms with van der Waals surface area (Å²) in [6, 6.07) is 5.96. The van der Waals surface area contributed by atoms with Crippen molar-refractivity contribution in [3.05, 3.63) is 34.2 Å². The van der Waals surface area contributed by atoms with E-state index in [1.807, 2.05) is 25.2 Å². The zero-order valence-electron chi connectivity index (χ0n) is 8.05. The summed E-state index contributed by atoms with van der Waals surface area (Å²) in [6.07, 6.45) is 0.972. The number of fused-ring (bicyclic) bond motifs is 1. The Hall–Kier alpha value is -1.55. The van der Waals surface area contributed by atoms with E-state index in [1.165, 1.54) is 5.56 Å². The summed E-state index contributed by atoms with van der Waals surface area (Å²) in [4.78, 5) is 16.4. The highest BCUT2D eigenvalue weighted by Gasteiger charge is 1.98. The van der Waals surface area contributed by atoms with Crippen LogP contribution in [0.3, 0.4) is 0 Å². The molecule has 0 unspecified atom stereocenters. The molecule has 0 aliphatic rings. The second kappa shape index (κ2) is 3.67. The van der Waals surface area contributed by atoms with Crippen molar-refractivity contribution in [1.29, 1.82) is 0 Å². The highest BCUT2D eigenvalue weighted by Crippen LogP contribution is 2.10. The van der Waals surface area contributed by atoms with E-state index < -0.39 is 0 Å². The average molecular weight is 191 g/mol. The Kier molecular flexibility index (Phi) is 2.37. The maximum absolute atomic E-state index is 11.0. The summed E-state index contributed by atoms with van der Waals surface area (Å²) in [7, 11) is 1.93. The standard InChI is InChI=1S/C10H13N3O/c1-11-5-4-7-2-3-8-9(6-7)13-10(14)12-8/h2-3,6,11H,4-5H2,1H3,(H2,12,13,14). The van der Waals surface area contributed by atoms with Crippen molar-refractivity contribution >= 4 is 11.0 Å². The molecule has 74 valence electrons. The fourth-order valence-corrected chi connectivity index (χ4v) is 1.50. The second-order valence-corrected chi connectivity index (χ2v) is 3.31.